The highest BCUT2D eigenvalue weighted by molar-refractivity contribution is 7.11. The second-order valence-corrected chi connectivity index (χ2v) is 6.25. The number of nitrogens with zero attached hydrogens (tertiary/aromatic N) is 3. The summed E-state index contributed by atoms with van der Waals surface area (Å²) >= 11 is 1.34. The van der Waals surface area contributed by atoms with Gasteiger partial charge in [-0.3, -0.25) is 10.1 Å². The number of benzene rings is 2. The van der Waals surface area contributed by atoms with Gasteiger partial charge < -0.3 is 0 Å². The van der Waals surface area contributed by atoms with Gasteiger partial charge in [0.2, 0.25) is 0 Å². The first-order chi connectivity index (χ1) is 12.1. The van der Waals surface area contributed by atoms with Crippen molar-refractivity contribution in [2.24, 2.45) is 0 Å². The van der Waals surface area contributed by atoms with E-state index >= 15 is 0 Å². The molecule has 0 bridgehead atoms. The highest BCUT2D eigenvalue weighted by atomic mass is 32.1. The van der Waals surface area contributed by atoms with Crippen LogP contribution in [0.3, 0.4) is 0 Å². The standard InChI is InChI=1S/C19H13N3O2S/c1-13-6-8-14(9-7-13)17-12-25-19(21-17)16(11-20)10-15-4-2-3-5-18(15)22(23)24/h2-10,12H,1H3/b16-10+. The Morgan fingerprint density at radius 1 is 1.24 bits per heavy atom. The SMILES string of the molecule is Cc1ccc(-c2csc(/C(C#N)=C/c3ccccc3[N+](=O)[O-])n2)cc1. The molecule has 0 aliphatic rings. The summed E-state index contributed by atoms with van der Waals surface area (Å²) in [6.07, 6.45) is 1.51. The topological polar surface area (TPSA) is 79.8 Å². The summed E-state index contributed by atoms with van der Waals surface area (Å²) in [6, 6.07) is 16.4. The second-order valence-electron chi connectivity index (χ2n) is 5.39. The number of aromatic nitrogens is 1. The molecule has 5 nitrogen and oxygen atoms in total. The maximum Gasteiger partial charge on any atom is 0.276 e. The predicted octanol–water partition coefficient (Wildman–Crippen LogP) is 5.09. The smallest absolute Gasteiger partial charge is 0.258 e. The number of rotatable bonds is 4. The molecule has 0 saturated carbocycles. The third kappa shape index (κ3) is 3.62. The van der Waals surface area contributed by atoms with E-state index in [9.17, 15) is 15.4 Å². The van der Waals surface area contributed by atoms with Crippen LogP contribution in [0.1, 0.15) is 16.1 Å². The molecule has 0 spiro atoms. The number of nitro groups is 1. The van der Waals surface area contributed by atoms with Crippen molar-refractivity contribution in [3.63, 3.8) is 0 Å². The van der Waals surface area contributed by atoms with Crippen LogP contribution >= 0.6 is 11.3 Å². The number of hydrogen-bond acceptors (Lipinski definition) is 5. The number of hydrogen-bond donors (Lipinski definition) is 0. The summed E-state index contributed by atoms with van der Waals surface area (Å²) < 4.78 is 0. The zero-order valence-corrected chi connectivity index (χ0v) is 14.2. The van der Waals surface area contributed by atoms with E-state index in [0.29, 0.717) is 16.1 Å². The average molecular weight is 347 g/mol. The van der Waals surface area contributed by atoms with Crippen LogP contribution in [0.15, 0.2) is 53.9 Å². The molecule has 0 saturated heterocycles. The molecule has 6 heteroatoms. The molecule has 0 radical (unpaired) electrons. The first kappa shape index (κ1) is 16.6. The van der Waals surface area contributed by atoms with Crippen LogP contribution in [-0.2, 0) is 0 Å². The molecule has 0 fully saturated rings. The second kappa shape index (κ2) is 7.07. The van der Waals surface area contributed by atoms with Gasteiger partial charge in [0.25, 0.3) is 5.69 Å². The van der Waals surface area contributed by atoms with Gasteiger partial charge in [-0.1, -0.05) is 42.0 Å². The van der Waals surface area contributed by atoms with Crippen LogP contribution in [0.25, 0.3) is 22.9 Å². The molecule has 0 unspecified atom stereocenters. The van der Waals surface area contributed by atoms with Gasteiger partial charge in [0, 0.05) is 17.0 Å². The Morgan fingerprint density at radius 3 is 2.64 bits per heavy atom. The van der Waals surface area contributed by atoms with E-state index in [2.05, 4.69) is 11.1 Å². The predicted molar refractivity (Wildman–Crippen MR) is 98.9 cm³/mol. The van der Waals surface area contributed by atoms with Crippen LogP contribution in [-0.4, -0.2) is 9.91 Å². The van der Waals surface area contributed by atoms with Crippen LogP contribution in [0.2, 0.25) is 0 Å². The Bertz CT molecular complexity index is 998. The van der Waals surface area contributed by atoms with Gasteiger partial charge in [-0.15, -0.1) is 11.3 Å². The molecule has 122 valence electrons. The van der Waals surface area contributed by atoms with E-state index in [1.54, 1.807) is 18.2 Å². The van der Waals surface area contributed by atoms with E-state index in [1.807, 2.05) is 36.6 Å². The Kier molecular flexibility index (Phi) is 4.68. The fourth-order valence-corrected chi connectivity index (χ4v) is 3.12. The van der Waals surface area contributed by atoms with Gasteiger partial charge in [-0.2, -0.15) is 5.26 Å². The Morgan fingerprint density at radius 2 is 1.96 bits per heavy atom. The maximum atomic E-state index is 11.1. The molecule has 0 atom stereocenters. The minimum absolute atomic E-state index is 0.0365. The van der Waals surface area contributed by atoms with Gasteiger partial charge in [0.1, 0.15) is 11.1 Å². The van der Waals surface area contributed by atoms with E-state index in [-0.39, 0.29) is 5.69 Å². The lowest BCUT2D eigenvalue weighted by atomic mass is 10.1. The normalized spacial score (nSPS) is 11.1. The summed E-state index contributed by atoms with van der Waals surface area (Å²) in [5.74, 6) is 0. The van der Waals surface area contributed by atoms with Crippen molar-refractivity contribution >= 4 is 28.7 Å². The van der Waals surface area contributed by atoms with E-state index < -0.39 is 4.92 Å². The number of aryl methyl sites for hydroxylation is 1. The molecule has 25 heavy (non-hydrogen) atoms. The number of nitro benzene ring substituents is 1. The van der Waals surface area contributed by atoms with Gasteiger partial charge >= 0.3 is 0 Å². The van der Waals surface area contributed by atoms with Crippen molar-refractivity contribution in [1.29, 1.82) is 5.26 Å². The van der Waals surface area contributed by atoms with Gasteiger partial charge in [0.15, 0.2) is 0 Å². The van der Waals surface area contributed by atoms with Crippen molar-refractivity contribution in [1.82, 2.24) is 4.98 Å². The number of para-hydroxylation sites is 1. The summed E-state index contributed by atoms with van der Waals surface area (Å²) in [5.41, 5.74) is 3.56. The third-order valence-corrected chi connectivity index (χ3v) is 4.51. The van der Waals surface area contributed by atoms with E-state index in [0.717, 1.165) is 16.8 Å². The highest BCUT2D eigenvalue weighted by Gasteiger charge is 2.14. The van der Waals surface area contributed by atoms with Crippen LogP contribution < -0.4 is 0 Å². The number of nitriles is 1. The molecule has 3 aromatic rings. The lowest BCUT2D eigenvalue weighted by molar-refractivity contribution is -0.385. The van der Waals surface area contributed by atoms with Gasteiger partial charge in [0.05, 0.1) is 21.8 Å². The molecule has 3 rings (SSSR count). The molecule has 0 aliphatic heterocycles. The number of allylic oxidation sites excluding steroid dienone is 1. The first-order valence-electron chi connectivity index (χ1n) is 7.46. The average Bonchev–Trinajstić information content (AvgIpc) is 3.10. The van der Waals surface area contributed by atoms with Crippen molar-refractivity contribution in [2.45, 2.75) is 6.92 Å². The molecule has 0 amide bonds. The summed E-state index contributed by atoms with van der Waals surface area (Å²) in [6.45, 7) is 2.01. The van der Waals surface area contributed by atoms with E-state index in [1.165, 1.54) is 23.5 Å². The van der Waals surface area contributed by atoms with Crippen LogP contribution in [0, 0.1) is 28.4 Å². The van der Waals surface area contributed by atoms with Crippen molar-refractivity contribution < 1.29 is 4.92 Å². The van der Waals surface area contributed by atoms with Gasteiger partial charge in [-0.05, 0) is 19.1 Å². The monoisotopic (exact) mass is 347 g/mol. The van der Waals surface area contributed by atoms with Crippen molar-refractivity contribution in [3.05, 3.63) is 80.2 Å². The number of thiazole rings is 1. The summed E-state index contributed by atoms with van der Waals surface area (Å²) in [4.78, 5) is 15.2. The van der Waals surface area contributed by atoms with Crippen molar-refractivity contribution in [2.75, 3.05) is 0 Å². The zero-order chi connectivity index (χ0) is 17.8. The molecular formula is C19H13N3O2S. The highest BCUT2D eigenvalue weighted by Crippen LogP contribution is 2.29. The fourth-order valence-electron chi connectivity index (χ4n) is 2.33. The minimum atomic E-state index is -0.458. The third-order valence-electron chi connectivity index (χ3n) is 3.64. The lowest BCUT2D eigenvalue weighted by Crippen LogP contribution is -1.91. The van der Waals surface area contributed by atoms with E-state index in [4.69, 9.17) is 0 Å². The van der Waals surface area contributed by atoms with Gasteiger partial charge in [-0.25, -0.2) is 4.98 Å². The fraction of sp³-hybridized carbons (Fsp3) is 0.0526. The minimum Gasteiger partial charge on any atom is -0.258 e. The zero-order valence-electron chi connectivity index (χ0n) is 13.3. The summed E-state index contributed by atoms with van der Waals surface area (Å²) in [5, 5.41) is 23.0. The molecule has 0 N–H and O–H groups in total. The van der Waals surface area contributed by atoms with Crippen molar-refractivity contribution in [3.8, 4) is 17.3 Å². The molecular weight excluding hydrogens is 334 g/mol. The largest absolute Gasteiger partial charge is 0.276 e. The molecule has 0 aliphatic carbocycles. The van der Waals surface area contributed by atoms with Crippen LogP contribution in [0.4, 0.5) is 5.69 Å². The molecule has 1 heterocycles. The summed E-state index contributed by atoms with van der Waals surface area (Å²) in [7, 11) is 0. The lowest BCUT2D eigenvalue weighted by Gasteiger charge is -1.99. The first-order valence-corrected chi connectivity index (χ1v) is 8.34. The van der Waals surface area contributed by atoms with Crippen LogP contribution in [0.5, 0.6) is 0 Å². The Hall–Kier alpha value is -3.30. The maximum absolute atomic E-state index is 11.1. The molecule has 1 aromatic heterocycles. The quantitative estimate of drug-likeness (QED) is 0.374. The Labute approximate surface area is 148 Å². The Balaban J connectivity index is 1.99. The molecule has 2 aromatic carbocycles.